The zero-order valence-electron chi connectivity index (χ0n) is 26.8. The molecule has 0 N–H and O–H groups in total. The van der Waals surface area contributed by atoms with E-state index in [-0.39, 0.29) is 19.0 Å². The number of benzene rings is 2. The van der Waals surface area contributed by atoms with E-state index in [1.807, 2.05) is 0 Å². The minimum Gasteiger partial charge on any atom is -0.465 e. The first-order valence-electron chi connectivity index (χ1n) is 16.2. The third kappa shape index (κ3) is 22.4. The number of allylic oxidation sites excluding steroid dienone is 2. The number of carbonyl (C=O) groups excluding carboxylic acids is 2. The van der Waals surface area contributed by atoms with Crippen molar-refractivity contribution in [1.82, 2.24) is 0 Å². The van der Waals surface area contributed by atoms with Crippen LogP contribution in [0.3, 0.4) is 0 Å². The van der Waals surface area contributed by atoms with Crippen molar-refractivity contribution < 1.29 is 23.9 Å². The van der Waals surface area contributed by atoms with Gasteiger partial charge in [0.1, 0.15) is 12.4 Å². The molecule has 244 valence electrons. The molecule has 1 heterocycles. The van der Waals surface area contributed by atoms with Crippen LogP contribution in [0.1, 0.15) is 102 Å². The Morgan fingerprint density at radius 2 is 1.70 bits per heavy atom. The van der Waals surface area contributed by atoms with E-state index in [1.165, 1.54) is 75.5 Å². The summed E-state index contributed by atoms with van der Waals surface area (Å²) in [6.45, 7) is 5.15. The normalized spacial score (nSPS) is 13.6. The Bertz CT molecular complexity index is 993. The van der Waals surface area contributed by atoms with Crippen LogP contribution in [-0.4, -0.2) is 36.7 Å². The molecule has 0 aromatic heterocycles. The zero-order chi connectivity index (χ0) is 31.9. The molecule has 2 aromatic carbocycles. The summed E-state index contributed by atoms with van der Waals surface area (Å²) in [6, 6.07) is 17.8. The molecule has 1 aliphatic heterocycles. The van der Waals surface area contributed by atoms with Crippen LogP contribution in [0.2, 0.25) is 0 Å². The van der Waals surface area contributed by atoms with Crippen LogP contribution >= 0.6 is 11.8 Å². The second kappa shape index (κ2) is 28.6. The summed E-state index contributed by atoms with van der Waals surface area (Å²) in [4.78, 5) is 35.5. The molecule has 1 aliphatic rings. The molecule has 1 saturated heterocycles. The van der Waals surface area contributed by atoms with Crippen LogP contribution in [0.15, 0.2) is 72.1 Å². The van der Waals surface area contributed by atoms with Crippen LogP contribution in [0, 0.1) is 4.91 Å². The van der Waals surface area contributed by atoms with E-state index in [9.17, 15) is 14.5 Å². The molecule has 8 heteroatoms. The van der Waals surface area contributed by atoms with Crippen molar-refractivity contribution in [2.45, 2.75) is 109 Å². The number of unbranched alkanes of at least 4 members (excludes halogenated alkanes) is 5. The molecule has 1 atom stereocenters. The SMILES string of the molecule is C/C=C\CCCC.O=COc1ccc(CCOC(=O)CCCCON=O)cc1.c1ccc(CCCCCC2CCCS2)cc1. The summed E-state index contributed by atoms with van der Waals surface area (Å²) in [5.41, 5.74) is 2.48. The van der Waals surface area contributed by atoms with Crippen LogP contribution in [0.25, 0.3) is 0 Å². The summed E-state index contributed by atoms with van der Waals surface area (Å²) in [5, 5.41) is 3.26. The van der Waals surface area contributed by atoms with Crippen molar-refractivity contribution >= 4 is 24.2 Å². The molecule has 2 aromatic rings. The summed E-state index contributed by atoms with van der Waals surface area (Å²) in [5.74, 6) is 1.60. The van der Waals surface area contributed by atoms with Gasteiger partial charge in [-0.05, 0) is 87.3 Å². The van der Waals surface area contributed by atoms with E-state index in [4.69, 9.17) is 4.74 Å². The highest BCUT2D eigenvalue weighted by molar-refractivity contribution is 8.00. The number of hydrogen-bond donors (Lipinski definition) is 0. The minimum atomic E-state index is -0.282. The minimum absolute atomic E-state index is 0.214. The predicted octanol–water partition coefficient (Wildman–Crippen LogP) is 9.61. The van der Waals surface area contributed by atoms with E-state index in [1.54, 1.807) is 24.3 Å². The van der Waals surface area contributed by atoms with Gasteiger partial charge in [-0.25, -0.2) is 0 Å². The number of thioether (sulfide) groups is 1. The van der Waals surface area contributed by atoms with Crippen molar-refractivity contribution in [2.75, 3.05) is 19.0 Å². The van der Waals surface area contributed by atoms with Crippen LogP contribution in [0.4, 0.5) is 0 Å². The number of ether oxygens (including phenoxy) is 2. The van der Waals surface area contributed by atoms with Crippen molar-refractivity contribution in [3.8, 4) is 5.75 Å². The summed E-state index contributed by atoms with van der Waals surface area (Å²) in [7, 11) is 0. The molecule has 1 unspecified atom stereocenters. The topological polar surface area (TPSA) is 91.3 Å². The Hall–Kier alpha value is -3.13. The zero-order valence-corrected chi connectivity index (χ0v) is 27.6. The van der Waals surface area contributed by atoms with Gasteiger partial charge >= 0.3 is 5.97 Å². The molecular formula is C36H53NO6S. The first-order chi connectivity index (χ1) is 21.6. The van der Waals surface area contributed by atoms with Crippen molar-refractivity contribution in [1.29, 1.82) is 0 Å². The van der Waals surface area contributed by atoms with Gasteiger partial charge in [0.05, 0.1) is 6.61 Å². The van der Waals surface area contributed by atoms with E-state index in [2.05, 4.69) is 83.0 Å². The lowest BCUT2D eigenvalue weighted by Gasteiger charge is -2.07. The second-order valence-corrected chi connectivity index (χ2v) is 12.0. The average molecular weight is 628 g/mol. The van der Waals surface area contributed by atoms with Gasteiger partial charge in [0.2, 0.25) is 0 Å². The lowest BCUT2D eigenvalue weighted by molar-refractivity contribution is -0.143. The third-order valence-corrected chi connectivity index (χ3v) is 8.47. The lowest BCUT2D eigenvalue weighted by atomic mass is 10.0. The lowest BCUT2D eigenvalue weighted by Crippen LogP contribution is -2.07. The number of carbonyl (C=O) groups is 2. The Balaban J connectivity index is 0.000000370. The van der Waals surface area contributed by atoms with E-state index in [0.717, 1.165) is 10.8 Å². The molecule has 44 heavy (non-hydrogen) atoms. The summed E-state index contributed by atoms with van der Waals surface area (Å²) >= 11 is 2.20. The first kappa shape index (κ1) is 38.9. The van der Waals surface area contributed by atoms with Gasteiger partial charge in [0, 0.05) is 18.1 Å². The van der Waals surface area contributed by atoms with Crippen molar-refractivity contribution in [3.63, 3.8) is 0 Å². The number of esters is 1. The van der Waals surface area contributed by atoms with Gasteiger partial charge in [-0.15, -0.1) is 4.91 Å². The molecule has 1 fully saturated rings. The molecule has 3 rings (SSSR count). The molecule has 7 nitrogen and oxygen atoms in total. The van der Waals surface area contributed by atoms with Crippen LogP contribution < -0.4 is 4.74 Å². The van der Waals surface area contributed by atoms with Gasteiger partial charge in [0.25, 0.3) is 6.47 Å². The second-order valence-electron chi connectivity index (χ2n) is 10.6. The fourth-order valence-electron chi connectivity index (χ4n) is 4.50. The highest BCUT2D eigenvalue weighted by Crippen LogP contribution is 2.30. The number of aryl methyl sites for hydroxylation is 1. The fourth-order valence-corrected chi connectivity index (χ4v) is 5.83. The highest BCUT2D eigenvalue weighted by atomic mass is 32.2. The molecule has 0 aliphatic carbocycles. The summed E-state index contributed by atoms with van der Waals surface area (Å²) in [6.07, 6.45) is 20.1. The fraction of sp³-hybridized carbons (Fsp3) is 0.556. The largest absolute Gasteiger partial charge is 0.465 e. The highest BCUT2D eigenvalue weighted by Gasteiger charge is 2.14. The molecule has 0 radical (unpaired) electrons. The predicted molar refractivity (Wildman–Crippen MR) is 182 cm³/mol. The Morgan fingerprint density at radius 3 is 2.36 bits per heavy atom. The van der Waals surface area contributed by atoms with Crippen LogP contribution in [0.5, 0.6) is 5.75 Å². The van der Waals surface area contributed by atoms with Crippen LogP contribution in [-0.2, 0) is 32.0 Å². The maximum atomic E-state index is 11.4. The number of nitrogens with zero attached hydrogens (tertiary/aromatic N) is 1. The molecule has 0 saturated carbocycles. The molecular weight excluding hydrogens is 574 g/mol. The van der Waals surface area contributed by atoms with Crippen molar-refractivity contribution in [3.05, 3.63) is 82.8 Å². The van der Waals surface area contributed by atoms with Gasteiger partial charge in [-0.3, -0.25) is 9.59 Å². The standard InChI is InChI=1S/C15H22S.C14H17NO6.C7H14/c1-3-8-14(9-4-1)10-5-2-6-11-15-12-7-13-16-15;16-11-20-13-6-4-12(5-7-13)8-10-19-14(17)3-1-2-9-21-15-18;1-3-5-7-6-4-2/h1,3-4,8-9,15H,2,5-7,10-13H2;4-7,11H,1-3,8-10H2;3,5H,4,6-7H2,1-2H3/b;;5-3-. The molecule has 0 amide bonds. The smallest absolute Gasteiger partial charge is 0.305 e. The Morgan fingerprint density at radius 1 is 0.932 bits per heavy atom. The van der Waals surface area contributed by atoms with E-state index in [0.29, 0.717) is 38.1 Å². The number of rotatable bonds is 20. The third-order valence-electron chi connectivity index (χ3n) is 7.00. The van der Waals surface area contributed by atoms with Gasteiger partial charge < -0.3 is 14.3 Å². The molecule has 0 bridgehead atoms. The monoisotopic (exact) mass is 627 g/mol. The van der Waals surface area contributed by atoms with E-state index >= 15 is 0 Å². The summed E-state index contributed by atoms with van der Waals surface area (Å²) < 4.78 is 9.75. The maximum Gasteiger partial charge on any atom is 0.305 e. The average Bonchev–Trinajstić information content (AvgIpc) is 3.57. The first-order valence-corrected chi connectivity index (χ1v) is 17.2. The van der Waals surface area contributed by atoms with Gasteiger partial charge in [0.15, 0.2) is 5.34 Å². The Labute approximate surface area is 269 Å². The number of hydrogen-bond acceptors (Lipinski definition) is 8. The maximum absolute atomic E-state index is 11.4. The van der Waals surface area contributed by atoms with E-state index < -0.39 is 0 Å². The quantitative estimate of drug-likeness (QED) is 0.0360. The van der Waals surface area contributed by atoms with Crippen molar-refractivity contribution in [2.24, 2.45) is 5.34 Å². The van der Waals surface area contributed by atoms with Gasteiger partial charge in [-0.1, -0.05) is 87.2 Å². The van der Waals surface area contributed by atoms with Gasteiger partial charge in [-0.2, -0.15) is 11.8 Å². The molecule has 0 spiro atoms. The Kier molecular flexibility index (Phi) is 25.3.